The Morgan fingerprint density at radius 2 is 2.06 bits per heavy atom. The molecule has 0 atom stereocenters. The Labute approximate surface area is 106 Å². The third-order valence-electron chi connectivity index (χ3n) is 2.40. The molecule has 0 unspecified atom stereocenters. The predicted molar refractivity (Wildman–Crippen MR) is 72.8 cm³/mol. The Hall–Kier alpha value is -2.54. The third-order valence-corrected chi connectivity index (χ3v) is 2.40. The van der Waals surface area contributed by atoms with Crippen molar-refractivity contribution < 1.29 is 0 Å². The van der Waals surface area contributed by atoms with E-state index in [2.05, 4.69) is 21.7 Å². The number of benzene rings is 1. The van der Waals surface area contributed by atoms with Crippen LogP contribution >= 0.6 is 0 Å². The fourth-order valence-corrected chi connectivity index (χ4v) is 1.62. The van der Waals surface area contributed by atoms with Crippen molar-refractivity contribution in [2.75, 3.05) is 17.2 Å². The number of rotatable bonds is 4. The predicted octanol–water partition coefficient (Wildman–Crippen LogP) is 3.13. The first-order valence-electron chi connectivity index (χ1n) is 5.79. The molecule has 0 radical (unpaired) electrons. The van der Waals surface area contributed by atoms with Crippen LogP contribution in [0, 0.1) is 11.3 Å². The molecule has 2 N–H and O–H groups in total. The average molecular weight is 238 g/mol. The van der Waals surface area contributed by atoms with E-state index in [0.29, 0.717) is 5.56 Å². The van der Waals surface area contributed by atoms with E-state index < -0.39 is 0 Å². The van der Waals surface area contributed by atoms with Crippen LogP contribution in [0.4, 0.5) is 17.2 Å². The van der Waals surface area contributed by atoms with E-state index >= 15 is 0 Å². The molecule has 90 valence electrons. The number of nitriles is 1. The van der Waals surface area contributed by atoms with Gasteiger partial charge in [-0.15, -0.1) is 0 Å². The lowest BCUT2D eigenvalue weighted by Crippen LogP contribution is -1.99. The molecule has 0 aliphatic carbocycles. The number of pyridine rings is 1. The van der Waals surface area contributed by atoms with Crippen molar-refractivity contribution in [2.45, 2.75) is 6.92 Å². The van der Waals surface area contributed by atoms with E-state index in [4.69, 9.17) is 5.26 Å². The Bertz CT molecular complexity index is 572. The zero-order chi connectivity index (χ0) is 12.8. The molecule has 4 heteroatoms. The topological polar surface area (TPSA) is 60.7 Å². The summed E-state index contributed by atoms with van der Waals surface area (Å²) >= 11 is 0. The molecule has 0 fully saturated rings. The number of nitrogens with one attached hydrogen (secondary N) is 2. The van der Waals surface area contributed by atoms with E-state index in [9.17, 15) is 0 Å². The average Bonchev–Trinajstić information content (AvgIpc) is 2.40. The maximum absolute atomic E-state index is 8.84. The van der Waals surface area contributed by atoms with Crippen LogP contribution in [-0.2, 0) is 0 Å². The van der Waals surface area contributed by atoms with Crippen molar-refractivity contribution in [1.82, 2.24) is 4.98 Å². The molecule has 0 saturated heterocycles. The first kappa shape index (κ1) is 11.9. The summed E-state index contributed by atoms with van der Waals surface area (Å²) < 4.78 is 0. The number of aromatic nitrogens is 1. The number of nitrogens with zero attached hydrogens (tertiary/aromatic N) is 2. The summed E-state index contributed by atoms with van der Waals surface area (Å²) in [5.74, 6) is 0.832. The van der Waals surface area contributed by atoms with Gasteiger partial charge in [-0.05, 0) is 31.2 Å². The molecular weight excluding hydrogens is 224 g/mol. The fourth-order valence-electron chi connectivity index (χ4n) is 1.62. The van der Waals surface area contributed by atoms with Crippen LogP contribution in [0.5, 0.6) is 0 Å². The van der Waals surface area contributed by atoms with Gasteiger partial charge in [0.1, 0.15) is 5.82 Å². The second kappa shape index (κ2) is 5.69. The monoisotopic (exact) mass is 238 g/mol. The Balaban J connectivity index is 2.18. The van der Waals surface area contributed by atoms with Crippen molar-refractivity contribution in [3.05, 3.63) is 48.2 Å². The van der Waals surface area contributed by atoms with Crippen LogP contribution in [0.1, 0.15) is 12.5 Å². The molecule has 1 heterocycles. The molecular formula is C14H14N4. The van der Waals surface area contributed by atoms with Crippen LogP contribution in [0.15, 0.2) is 42.6 Å². The van der Waals surface area contributed by atoms with Crippen LogP contribution in [0.2, 0.25) is 0 Å². The standard InChI is InChI=1S/C14H14N4/c1-2-16-14-9-13(6-7-17-14)18-12-5-3-4-11(8-12)10-15/h3-9H,2H2,1H3,(H2,16,17,18). The van der Waals surface area contributed by atoms with Gasteiger partial charge in [-0.3, -0.25) is 0 Å². The second-order valence-electron chi connectivity index (χ2n) is 3.78. The molecule has 0 aliphatic heterocycles. The minimum absolute atomic E-state index is 0.640. The lowest BCUT2D eigenvalue weighted by molar-refractivity contribution is 1.16. The lowest BCUT2D eigenvalue weighted by Gasteiger charge is -2.08. The second-order valence-corrected chi connectivity index (χ2v) is 3.78. The van der Waals surface area contributed by atoms with Crippen LogP contribution in [-0.4, -0.2) is 11.5 Å². The van der Waals surface area contributed by atoms with Crippen molar-refractivity contribution in [3.63, 3.8) is 0 Å². The minimum atomic E-state index is 0.640. The summed E-state index contributed by atoms with van der Waals surface area (Å²) in [4.78, 5) is 4.20. The quantitative estimate of drug-likeness (QED) is 0.859. The van der Waals surface area contributed by atoms with Crippen LogP contribution in [0.3, 0.4) is 0 Å². The maximum Gasteiger partial charge on any atom is 0.127 e. The highest BCUT2D eigenvalue weighted by Crippen LogP contribution is 2.19. The summed E-state index contributed by atoms with van der Waals surface area (Å²) in [6.45, 7) is 2.86. The summed E-state index contributed by atoms with van der Waals surface area (Å²) in [5, 5.41) is 15.2. The molecule has 1 aromatic carbocycles. The van der Waals surface area contributed by atoms with Gasteiger partial charge in [0, 0.05) is 30.2 Å². The molecule has 0 saturated carbocycles. The molecule has 2 aromatic rings. The highest BCUT2D eigenvalue weighted by Gasteiger charge is 1.98. The largest absolute Gasteiger partial charge is 0.370 e. The van der Waals surface area contributed by atoms with Gasteiger partial charge in [-0.25, -0.2) is 4.98 Å². The number of hydrogen-bond donors (Lipinski definition) is 2. The van der Waals surface area contributed by atoms with Crippen molar-refractivity contribution in [2.24, 2.45) is 0 Å². The SMILES string of the molecule is CCNc1cc(Nc2cccc(C#N)c2)ccn1. The van der Waals surface area contributed by atoms with Gasteiger partial charge in [0.2, 0.25) is 0 Å². The number of hydrogen-bond acceptors (Lipinski definition) is 4. The van der Waals surface area contributed by atoms with E-state index in [1.165, 1.54) is 0 Å². The summed E-state index contributed by atoms with van der Waals surface area (Å²) in [6.07, 6.45) is 1.74. The first-order chi connectivity index (χ1) is 8.81. The molecule has 1 aromatic heterocycles. The van der Waals surface area contributed by atoms with E-state index in [1.807, 2.05) is 37.3 Å². The van der Waals surface area contributed by atoms with Gasteiger partial charge in [0.05, 0.1) is 11.6 Å². The Morgan fingerprint density at radius 3 is 2.83 bits per heavy atom. The zero-order valence-corrected chi connectivity index (χ0v) is 10.1. The third kappa shape index (κ3) is 2.98. The maximum atomic E-state index is 8.84. The smallest absolute Gasteiger partial charge is 0.127 e. The van der Waals surface area contributed by atoms with Crippen LogP contribution < -0.4 is 10.6 Å². The Kier molecular flexibility index (Phi) is 3.77. The molecule has 4 nitrogen and oxygen atoms in total. The zero-order valence-electron chi connectivity index (χ0n) is 10.1. The van der Waals surface area contributed by atoms with Gasteiger partial charge in [0.15, 0.2) is 0 Å². The highest BCUT2D eigenvalue weighted by atomic mass is 15.0. The van der Waals surface area contributed by atoms with Gasteiger partial charge < -0.3 is 10.6 Å². The number of anilines is 3. The van der Waals surface area contributed by atoms with Crippen molar-refractivity contribution in [3.8, 4) is 6.07 Å². The summed E-state index contributed by atoms with van der Waals surface area (Å²) in [6, 6.07) is 13.3. The lowest BCUT2D eigenvalue weighted by atomic mass is 10.2. The molecule has 0 spiro atoms. The highest BCUT2D eigenvalue weighted by molar-refractivity contribution is 5.63. The molecule has 0 amide bonds. The van der Waals surface area contributed by atoms with Gasteiger partial charge >= 0.3 is 0 Å². The van der Waals surface area contributed by atoms with Gasteiger partial charge in [-0.1, -0.05) is 6.07 Å². The minimum Gasteiger partial charge on any atom is -0.370 e. The Morgan fingerprint density at radius 1 is 1.22 bits per heavy atom. The normalized spacial score (nSPS) is 9.56. The fraction of sp³-hybridized carbons (Fsp3) is 0.143. The molecule has 0 bridgehead atoms. The molecule has 0 aliphatic rings. The molecule has 18 heavy (non-hydrogen) atoms. The van der Waals surface area contributed by atoms with Gasteiger partial charge in [-0.2, -0.15) is 5.26 Å². The summed E-state index contributed by atoms with van der Waals surface area (Å²) in [7, 11) is 0. The first-order valence-corrected chi connectivity index (χ1v) is 5.79. The van der Waals surface area contributed by atoms with E-state index in [0.717, 1.165) is 23.7 Å². The van der Waals surface area contributed by atoms with Crippen LogP contribution in [0.25, 0.3) is 0 Å². The van der Waals surface area contributed by atoms with E-state index in [-0.39, 0.29) is 0 Å². The van der Waals surface area contributed by atoms with Gasteiger partial charge in [0.25, 0.3) is 0 Å². The van der Waals surface area contributed by atoms with E-state index in [1.54, 1.807) is 12.3 Å². The molecule has 2 rings (SSSR count). The van der Waals surface area contributed by atoms with Crippen molar-refractivity contribution >= 4 is 17.2 Å². The summed E-state index contributed by atoms with van der Waals surface area (Å²) in [5.41, 5.74) is 2.47. The van der Waals surface area contributed by atoms with Crippen molar-refractivity contribution in [1.29, 1.82) is 5.26 Å².